The molecule has 0 saturated carbocycles. The lowest BCUT2D eigenvalue weighted by Gasteiger charge is -2.18. The molecule has 0 unspecified atom stereocenters. The largest absolute Gasteiger partial charge is 0.383 e. The third-order valence-corrected chi connectivity index (χ3v) is 3.65. The first kappa shape index (κ1) is 16.7. The number of nitriles is 1. The van der Waals surface area contributed by atoms with E-state index >= 15 is 0 Å². The van der Waals surface area contributed by atoms with Crippen LogP contribution in [0.25, 0.3) is 11.1 Å². The van der Waals surface area contributed by atoms with Crippen LogP contribution in [0, 0.1) is 11.3 Å². The van der Waals surface area contributed by atoms with Crippen LogP contribution in [0.4, 0.5) is 11.8 Å². The van der Waals surface area contributed by atoms with Gasteiger partial charge in [0.25, 0.3) is 0 Å². The number of pyridine rings is 1. The molecule has 3 N–H and O–H groups in total. The van der Waals surface area contributed by atoms with Crippen LogP contribution in [0.2, 0.25) is 0 Å². The number of anilines is 2. The second-order valence-electron chi connectivity index (χ2n) is 5.56. The second kappa shape index (κ2) is 7.05. The quantitative estimate of drug-likeness (QED) is 0.880. The number of hydrogen-bond donors (Lipinski definition) is 2. The molecule has 0 aliphatic rings. The van der Waals surface area contributed by atoms with Gasteiger partial charge in [-0.25, -0.2) is 15.0 Å². The molecule has 0 saturated heterocycles. The lowest BCUT2D eigenvalue weighted by atomic mass is 9.91. The Morgan fingerprint density at radius 2 is 1.91 bits per heavy atom. The highest BCUT2D eigenvalue weighted by Crippen LogP contribution is 2.34. The van der Waals surface area contributed by atoms with Gasteiger partial charge in [-0.15, -0.1) is 0 Å². The molecular weight excluding hydrogens is 288 g/mol. The Morgan fingerprint density at radius 1 is 1.26 bits per heavy atom. The number of rotatable bonds is 5. The van der Waals surface area contributed by atoms with Gasteiger partial charge < -0.3 is 11.1 Å². The van der Waals surface area contributed by atoms with Gasteiger partial charge in [0.1, 0.15) is 17.5 Å². The summed E-state index contributed by atoms with van der Waals surface area (Å²) in [5.41, 5.74) is 9.96. The average Bonchev–Trinajstić information content (AvgIpc) is 2.54. The smallest absolute Gasteiger partial charge is 0.222 e. The fraction of sp³-hybridized carbons (Fsp3) is 0.412. The van der Waals surface area contributed by atoms with Crippen molar-refractivity contribution < 1.29 is 0 Å². The topological polar surface area (TPSA) is 101 Å². The van der Waals surface area contributed by atoms with Crippen LogP contribution in [0.1, 0.15) is 50.4 Å². The van der Waals surface area contributed by atoms with Crippen LogP contribution in [0.5, 0.6) is 0 Å². The van der Waals surface area contributed by atoms with Crippen molar-refractivity contribution >= 4 is 11.8 Å². The van der Waals surface area contributed by atoms with Gasteiger partial charge in [0.2, 0.25) is 5.95 Å². The van der Waals surface area contributed by atoms with Crippen molar-refractivity contribution in [3.63, 3.8) is 0 Å². The zero-order valence-corrected chi connectivity index (χ0v) is 14.0. The SMILES string of the molecule is CCNc1ncc(-c2c(C#N)c(N)nc(C(C)C)c2CC)cn1. The van der Waals surface area contributed by atoms with Gasteiger partial charge in [0.05, 0.1) is 0 Å². The minimum atomic E-state index is 0.223. The fourth-order valence-corrected chi connectivity index (χ4v) is 2.63. The third-order valence-electron chi connectivity index (χ3n) is 3.65. The molecule has 6 nitrogen and oxygen atoms in total. The van der Waals surface area contributed by atoms with Gasteiger partial charge in [-0.3, -0.25) is 0 Å². The van der Waals surface area contributed by atoms with Gasteiger partial charge in [-0.2, -0.15) is 5.26 Å². The van der Waals surface area contributed by atoms with Gasteiger partial charge in [-0.05, 0) is 24.8 Å². The van der Waals surface area contributed by atoms with Gasteiger partial charge in [-0.1, -0.05) is 20.8 Å². The van der Waals surface area contributed by atoms with Crippen LogP contribution < -0.4 is 11.1 Å². The molecule has 0 radical (unpaired) electrons. The Kier molecular flexibility index (Phi) is 5.12. The zero-order chi connectivity index (χ0) is 17.0. The van der Waals surface area contributed by atoms with E-state index in [2.05, 4.69) is 47.1 Å². The normalized spacial score (nSPS) is 10.6. The number of nitrogen functional groups attached to an aromatic ring is 1. The monoisotopic (exact) mass is 310 g/mol. The number of aromatic nitrogens is 3. The summed E-state index contributed by atoms with van der Waals surface area (Å²) in [6.45, 7) is 8.93. The van der Waals surface area contributed by atoms with Gasteiger partial charge in [0, 0.05) is 35.8 Å². The number of nitrogens with one attached hydrogen (secondary N) is 1. The predicted octanol–water partition coefficient (Wildman–Crippen LogP) is 3.11. The molecule has 0 aromatic carbocycles. The predicted molar refractivity (Wildman–Crippen MR) is 92.0 cm³/mol. The molecular formula is C17H22N6. The number of nitrogens with two attached hydrogens (primary N) is 1. The standard InChI is InChI=1S/C17H22N6/c1-5-12-14(11-8-21-17(20-6-2)22-9-11)13(7-18)16(19)23-15(12)10(3)4/h8-10H,5-6H2,1-4H3,(H2,19,23)(H,20,21,22). The van der Waals surface area contributed by atoms with Crippen molar-refractivity contribution in [2.24, 2.45) is 0 Å². The fourth-order valence-electron chi connectivity index (χ4n) is 2.63. The number of nitrogens with zero attached hydrogens (tertiary/aromatic N) is 4. The van der Waals surface area contributed by atoms with E-state index in [9.17, 15) is 5.26 Å². The molecule has 0 aliphatic carbocycles. The van der Waals surface area contributed by atoms with Crippen LogP contribution in [-0.4, -0.2) is 21.5 Å². The zero-order valence-electron chi connectivity index (χ0n) is 14.0. The Labute approximate surface area is 136 Å². The van der Waals surface area contributed by atoms with Crippen LogP contribution in [0.15, 0.2) is 12.4 Å². The summed E-state index contributed by atoms with van der Waals surface area (Å²) in [5.74, 6) is 1.05. The summed E-state index contributed by atoms with van der Waals surface area (Å²) in [6, 6.07) is 2.18. The van der Waals surface area contributed by atoms with E-state index in [0.717, 1.165) is 35.3 Å². The summed E-state index contributed by atoms with van der Waals surface area (Å²) in [6.07, 6.45) is 4.22. The third kappa shape index (κ3) is 3.24. The maximum absolute atomic E-state index is 9.53. The molecule has 120 valence electrons. The molecule has 0 atom stereocenters. The Balaban J connectivity index is 2.70. The molecule has 2 rings (SSSR count). The van der Waals surface area contributed by atoms with Crippen LogP contribution in [0.3, 0.4) is 0 Å². The van der Waals surface area contributed by atoms with Crippen molar-refractivity contribution in [1.82, 2.24) is 15.0 Å². The van der Waals surface area contributed by atoms with E-state index in [1.807, 2.05) is 6.92 Å². The minimum absolute atomic E-state index is 0.223. The highest BCUT2D eigenvalue weighted by molar-refractivity contribution is 5.78. The molecule has 0 amide bonds. The summed E-state index contributed by atoms with van der Waals surface area (Å²) < 4.78 is 0. The van der Waals surface area contributed by atoms with Crippen molar-refractivity contribution in [3.05, 3.63) is 29.2 Å². The Hall–Kier alpha value is -2.68. The Morgan fingerprint density at radius 3 is 2.39 bits per heavy atom. The van der Waals surface area contributed by atoms with Crippen LogP contribution in [-0.2, 0) is 6.42 Å². The van der Waals surface area contributed by atoms with Crippen molar-refractivity contribution in [2.45, 2.75) is 40.0 Å². The molecule has 0 fully saturated rings. The first-order valence-electron chi connectivity index (χ1n) is 7.82. The molecule has 0 bridgehead atoms. The molecule has 2 aromatic heterocycles. The average molecular weight is 310 g/mol. The molecule has 0 aliphatic heterocycles. The maximum atomic E-state index is 9.53. The summed E-state index contributed by atoms with van der Waals surface area (Å²) in [7, 11) is 0. The molecule has 2 aromatic rings. The lowest BCUT2D eigenvalue weighted by Crippen LogP contribution is -2.09. The van der Waals surface area contributed by atoms with E-state index in [0.29, 0.717) is 11.5 Å². The van der Waals surface area contributed by atoms with E-state index in [1.54, 1.807) is 12.4 Å². The molecule has 23 heavy (non-hydrogen) atoms. The van der Waals surface area contributed by atoms with Crippen molar-refractivity contribution in [3.8, 4) is 17.2 Å². The maximum Gasteiger partial charge on any atom is 0.222 e. The van der Waals surface area contributed by atoms with Crippen LogP contribution >= 0.6 is 0 Å². The first-order valence-corrected chi connectivity index (χ1v) is 7.82. The lowest BCUT2D eigenvalue weighted by molar-refractivity contribution is 0.802. The van der Waals surface area contributed by atoms with E-state index < -0.39 is 0 Å². The van der Waals surface area contributed by atoms with Gasteiger partial charge in [0.15, 0.2) is 0 Å². The molecule has 0 spiro atoms. The first-order chi connectivity index (χ1) is 11.0. The van der Waals surface area contributed by atoms with Crippen molar-refractivity contribution in [2.75, 3.05) is 17.6 Å². The minimum Gasteiger partial charge on any atom is -0.383 e. The van der Waals surface area contributed by atoms with E-state index in [1.165, 1.54) is 0 Å². The Bertz CT molecular complexity index is 728. The van der Waals surface area contributed by atoms with E-state index in [4.69, 9.17) is 5.73 Å². The summed E-state index contributed by atoms with van der Waals surface area (Å²) in [5, 5.41) is 12.6. The number of hydrogen-bond acceptors (Lipinski definition) is 6. The van der Waals surface area contributed by atoms with E-state index in [-0.39, 0.29) is 11.7 Å². The van der Waals surface area contributed by atoms with Gasteiger partial charge >= 0.3 is 0 Å². The summed E-state index contributed by atoms with van der Waals surface area (Å²) >= 11 is 0. The summed E-state index contributed by atoms with van der Waals surface area (Å²) in [4.78, 5) is 13.1. The highest BCUT2D eigenvalue weighted by atomic mass is 15.1. The highest BCUT2D eigenvalue weighted by Gasteiger charge is 2.20. The van der Waals surface area contributed by atoms with Crippen molar-refractivity contribution in [1.29, 1.82) is 5.26 Å². The molecule has 6 heteroatoms. The molecule has 2 heterocycles. The second-order valence-corrected chi connectivity index (χ2v) is 5.56.